The molecule has 1 aromatic heterocycles. The topological polar surface area (TPSA) is 59.8 Å². The van der Waals surface area contributed by atoms with Gasteiger partial charge in [-0.15, -0.1) is 0 Å². The van der Waals surface area contributed by atoms with Crippen molar-refractivity contribution >= 4 is 26.0 Å². The molecule has 1 fully saturated rings. The fourth-order valence-corrected chi connectivity index (χ4v) is 4.30. The molecule has 3 rings (SSSR count). The number of ether oxygens (including phenoxy) is 1. The molecule has 1 aromatic carbocycles. The Morgan fingerprint density at radius 1 is 1.22 bits per heavy atom. The maximum Gasteiger partial charge on any atom is 0.243 e. The van der Waals surface area contributed by atoms with Crippen LogP contribution in [0.25, 0.3) is 0 Å². The SMILES string of the molecule is O=S(=O)(c1ccc(Br)cc1)N(Cc1ccco1)CC1CCCO1. The molecule has 2 aromatic rings. The van der Waals surface area contributed by atoms with E-state index in [1.807, 2.05) is 0 Å². The molecule has 1 atom stereocenters. The fraction of sp³-hybridized carbons (Fsp3) is 0.375. The molecule has 23 heavy (non-hydrogen) atoms. The second-order valence-corrected chi connectivity index (χ2v) is 8.32. The molecule has 7 heteroatoms. The molecule has 1 unspecified atom stereocenters. The first kappa shape index (κ1) is 16.7. The Balaban J connectivity index is 1.87. The Morgan fingerprint density at radius 2 is 2.00 bits per heavy atom. The van der Waals surface area contributed by atoms with Crippen molar-refractivity contribution in [2.45, 2.75) is 30.4 Å². The highest BCUT2D eigenvalue weighted by atomic mass is 79.9. The normalized spacial score (nSPS) is 18.6. The van der Waals surface area contributed by atoms with Crippen LogP contribution in [0.3, 0.4) is 0 Å². The number of furan rings is 1. The van der Waals surface area contributed by atoms with Gasteiger partial charge in [0.15, 0.2) is 0 Å². The van der Waals surface area contributed by atoms with E-state index in [1.165, 1.54) is 4.31 Å². The molecule has 0 N–H and O–H groups in total. The van der Waals surface area contributed by atoms with E-state index in [1.54, 1.807) is 42.7 Å². The first-order valence-corrected chi connectivity index (χ1v) is 9.69. The predicted octanol–water partition coefficient (Wildman–Crippen LogP) is 3.41. The van der Waals surface area contributed by atoms with Crippen molar-refractivity contribution in [1.82, 2.24) is 4.31 Å². The number of nitrogens with zero attached hydrogens (tertiary/aromatic N) is 1. The summed E-state index contributed by atoms with van der Waals surface area (Å²) in [5.41, 5.74) is 0. The lowest BCUT2D eigenvalue weighted by molar-refractivity contribution is 0.0914. The van der Waals surface area contributed by atoms with E-state index in [9.17, 15) is 8.42 Å². The van der Waals surface area contributed by atoms with Crippen LogP contribution in [0.5, 0.6) is 0 Å². The first-order valence-electron chi connectivity index (χ1n) is 7.45. The monoisotopic (exact) mass is 399 g/mol. The van der Waals surface area contributed by atoms with Gasteiger partial charge in [0.1, 0.15) is 5.76 Å². The van der Waals surface area contributed by atoms with Gasteiger partial charge in [-0.1, -0.05) is 15.9 Å². The molecule has 1 aliphatic heterocycles. The van der Waals surface area contributed by atoms with Crippen LogP contribution in [-0.2, 0) is 21.3 Å². The largest absolute Gasteiger partial charge is 0.468 e. The van der Waals surface area contributed by atoms with Crippen molar-refractivity contribution in [1.29, 1.82) is 0 Å². The van der Waals surface area contributed by atoms with Crippen LogP contribution in [-0.4, -0.2) is 32.0 Å². The maximum absolute atomic E-state index is 13.0. The molecular formula is C16H18BrNO4S. The van der Waals surface area contributed by atoms with Gasteiger partial charge in [-0.05, 0) is 49.2 Å². The zero-order chi connectivity index (χ0) is 16.3. The Labute approximate surface area is 144 Å². The molecule has 0 radical (unpaired) electrons. The molecule has 5 nitrogen and oxygen atoms in total. The van der Waals surface area contributed by atoms with Crippen LogP contribution in [0.2, 0.25) is 0 Å². The molecule has 2 heterocycles. The van der Waals surface area contributed by atoms with Gasteiger partial charge in [-0.2, -0.15) is 4.31 Å². The minimum absolute atomic E-state index is 0.0600. The lowest BCUT2D eigenvalue weighted by Gasteiger charge is -2.24. The summed E-state index contributed by atoms with van der Waals surface area (Å²) in [7, 11) is -3.61. The summed E-state index contributed by atoms with van der Waals surface area (Å²) in [6, 6.07) is 10.2. The zero-order valence-corrected chi connectivity index (χ0v) is 14.9. The van der Waals surface area contributed by atoms with E-state index in [0.717, 1.165) is 17.3 Å². The van der Waals surface area contributed by atoms with E-state index in [0.29, 0.717) is 18.9 Å². The highest BCUT2D eigenvalue weighted by Crippen LogP contribution is 2.23. The Morgan fingerprint density at radius 3 is 2.61 bits per heavy atom. The lowest BCUT2D eigenvalue weighted by Crippen LogP contribution is -2.36. The van der Waals surface area contributed by atoms with Crippen LogP contribution in [0, 0.1) is 0 Å². The standard InChI is InChI=1S/C16H18BrNO4S/c17-13-5-7-16(8-6-13)23(19,20)18(11-14-3-1-9-21-14)12-15-4-2-10-22-15/h1,3,5-9,15H,2,4,10-12H2. The van der Waals surface area contributed by atoms with E-state index in [4.69, 9.17) is 9.15 Å². The summed E-state index contributed by atoms with van der Waals surface area (Å²) in [5, 5.41) is 0. The molecule has 0 spiro atoms. The Kier molecular flexibility index (Phi) is 5.21. The van der Waals surface area contributed by atoms with E-state index in [2.05, 4.69) is 15.9 Å². The van der Waals surface area contributed by atoms with Gasteiger partial charge in [0.05, 0.1) is 23.8 Å². The number of hydrogen-bond donors (Lipinski definition) is 0. The van der Waals surface area contributed by atoms with Gasteiger partial charge in [0, 0.05) is 17.6 Å². The predicted molar refractivity (Wildman–Crippen MR) is 89.4 cm³/mol. The number of rotatable bonds is 6. The van der Waals surface area contributed by atoms with Crippen LogP contribution < -0.4 is 0 Å². The van der Waals surface area contributed by atoms with Gasteiger partial charge >= 0.3 is 0 Å². The average Bonchev–Trinajstić information content (AvgIpc) is 3.20. The summed E-state index contributed by atoms with van der Waals surface area (Å²) >= 11 is 3.33. The third kappa shape index (κ3) is 4.03. The minimum atomic E-state index is -3.61. The van der Waals surface area contributed by atoms with Crippen molar-refractivity contribution in [2.75, 3.05) is 13.2 Å². The second kappa shape index (κ2) is 7.17. The van der Waals surface area contributed by atoms with Crippen molar-refractivity contribution in [2.24, 2.45) is 0 Å². The summed E-state index contributed by atoms with van der Waals surface area (Å²) in [6.45, 7) is 1.22. The third-order valence-corrected chi connectivity index (χ3v) is 6.15. The second-order valence-electron chi connectivity index (χ2n) is 5.47. The van der Waals surface area contributed by atoms with Crippen LogP contribution in [0.1, 0.15) is 18.6 Å². The van der Waals surface area contributed by atoms with Crippen molar-refractivity contribution < 1.29 is 17.6 Å². The molecule has 1 saturated heterocycles. The maximum atomic E-state index is 13.0. The summed E-state index contributed by atoms with van der Waals surface area (Å²) in [4.78, 5) is 0.269. The molecule has 1 aliphatic rings. The fourth-order valence-electron chi connectivity index (χ4n) is 2.60. The van der Waals surface area contributed by atoms with Crippen molar-refractivity contribution in [3.8, 4) is 0 Å². The molecule has 0 aliphatic carbocycles. The third-order valence-electron chi connectivity index (χ3n) is 3.79. The smallest absolute Gasteiger partial charge is 0.243 e. The van der Waals surface area contributed by atoms with Gasteiger partial charge in [-0.25, -0.2) is 8.42 Å². The molecular weight excluding hydrogens is 382 g/mol. The molecule has 0 amide bonds. The lowest BCUT2D eigenvalue weighted by atomic mass is 10.2. The average molecular weight is 400 g/mol. The summed E-state index contributed by atoms with van der Waals surface area (Å²) in [6.07, 6.45) is 3.34. The van der Waals surface area contributed by atoms with Crippen molar-refractivity contribution in [3.63, 3.8) is 0 Å². The quantitative estimate of drug-likeness (QED) is 0.746. The van der Waals surface area contributed by atoms with Gasteiger partial charge in [-0.3, -0.25) is 0 Å². The Hall–Kier alpha value is -1.15. The summed E-state index contributed by atoms with van der Waals surface area (Å²) in [5.74, 6) is 0.615. The summed E-state index contributed by atoms with van der Waals surface area (Å²) < 4.78 is 39.2. The van der Waals surface area contributed by atoms with E-state index >= 15 is 0 Å². The van der Waals surface area contributed by atoms with Crippen LogP contribution >= 0.6 is 15.9 Å². The first-order chi connectivity index (χ1) is 11.1. The minimum Gasteiger partial charge on any atom is -0.468 e. The number of benzene rings is 1. The zero-order valence-electron chi connectivity index (χ0n) is 12.5. The number of hydrogen-bond acceptors (Lipinski definition) is 4. The number of sulfonamides is 1. The number of halogens is 1. The van der Waals surface area contributed by atoms with Crippen LogP contribution in [0.4, 0.5) is 0 Å². The van der Waals surface area contributed by atoms with Gasteiger partial charge in [0.25, 0.3) is 0 Å². The molecule has 0 bridgehead atoms. The van der Waals surface area contributed by atoms with Crippen molar-refractivity contribution in [3.05, 3.63) is 52.9 Å². The molecule has 0 saturated carbocycles. The van der Waals surface area contributed by atoms with Crippen LogP contribution in [0.15, 0.2) is 56.4 Å². The highest BCUT2D eigenvalue weighted by molar-refractivity contribution is 9.10. The van der Waals surface area contributed by atoms with E-state index < -0.39 is 10.0 Å². The van der Waals surface area contributed by atoms with E-state index in [-0.39, 0.29) is 17.5 Å². The highest BCUT2D eigenvalue weighted by Gasteiger charge is 2.29. The Bertz CT molecular complexity index is 722. The van der Waals surface area contributed by atoms with Gasteiger partial charge < -0.3 is 9.15 Å². The molecule has 124 valence electrons. The van der Waals surface area contributed by atoms with Gasteiger partial charge in [0.2, 0.25) is 10.0 Å².